The number of anilines is 1. The lowest BCUT2D eigenvalue weighted by Crippen LogP contribution is -2.60. The Kier molecular flexibility index (Phi) is 5.63. The van der Waals surface area contributed by atoms with Crippen molar-refractivity contribution >= 4 is 35.1 Å². The van der Waals surface area contributed by atoms with Crippen LogP contribution in [-0.2, 0) is 4.79 Å². The average Bonchev–Trinajstić information content (AvgIpc) is 2.86. The Morgan fingerprint density at radius 2 is 1.87 bits per heavy atom. The van der Waals surface area contributed by atoms with E-state index in [1.165, 1.54) is 0 Å². The third kappa shape index (κ3) is 3.85. The molecule has 30 heavy (non-hydrogen) atoms. The van der Waals surface area contributed by atoms with Crippen LogP contribution in [0.4, 0.5) is 10.5 Å². The molecule has 2 aliphatic heterocycles. The molecule has 2 N–H and O–H groups in total. The van der Waals surface area contributed by atoms with E-state index in [9.17, 15) is 14.4 Å². The third-order valence-corrected chi connectivity index (χ3v) is 5.69. The Morgan fingerprint density at radius 1 is 1.13 bits per heavy atom. The maximum absolute atomic E-state index is 13.3. The van der Waals surface area contributed by atoms with E-state index in [0.29, 0.717) is 35.9 Å². The first-order chi connectivity index (χ1) is 14.5. The van der Waals surface area contributed by atoms with Crippen molar-refractivity contribution in [3.05, 3.63) is 53.1 Å². The summed E-state index contributed by atoms with van der Waals surface area (Å²) in [4.78, 5) is 41.6. The average molecular weight is 427 g/mol. The smallest absolute Gasteiger partial charge is 0.317 e. The maximum atomic E-state index is 13.3. The van der Waals surface area contributed by atoms with Crippen molar-refractivity contribution in [1.82, 2.24) is 15.1 Å². The summed E-state index contributed by atoms with van der Waals surface area (Å²) in [7, 11) is 0. The van der Waals surface area contributed by atoms with E-state index < -0.39 is 6.04 Å². The fourth-order valence-electron chi connectivity index (χ4n) is 3.80. The van der Waals surface area contributed by atoms with Crippen molar-refractivity contribution in [2.75, 3.05) is 31.5 Å². The van der Waals surface area contributed by atoms with E-state index in [2.05, 4.69) is 10.6 Å². The molecule has 156 valence electrons. The van der Waals surface area contributed by atoms with E-state index in [1.54, 1.807) is 34.1 Å². The molecule has 0 bridgehead atoms. The first-order valence-corrected chi connectivity index (χ1v) is 10.4. The summed E-state index contributed by atoms with van der Waals surface area (Å²) in [5, 5.41) is 6.33. The molecule has 0 spiro atoms. The van der Waals surface area contributed by atoms with Crippen LogP contribution in [0.25, 0.3) is 11.1 Å². The Hall–Kier alpha value is -3.06. The Balaban J connectivity index is 1.60. The van der Waals surface area contributed by atoms with Crippen molar-refractivity contribution in [3.8, 4) is 11.1 Å². The number of nitrogens with one attached hydrogen (secondary N) is 2. The zero-order valence-electron chi connectivity index (χ0n) is 16.7. The first kappa shape index (κ1) is 20.2. The first-order valence-electron chi connectivity index (χ1n) is 10.0. The van der Waals surface area contributed by atoms with Gasteiger partial charge in [0.15, 0.2) is 0 Å². The predicted molar refractivity (Wildman–Crippen MR) is 116 cm³/mol. The molecule has 4 rings (SSSR count). The van der Waals surface area contributed by atoms with Gasteiger partial charge >= 0.3 is 6.03 Å². The van der Waals surface area contributed by atoms with Crippen LogP contribution in [0.2, 0.25) is 5.02 Å². The van der Waals surface area contributed by atoms with Gasteiger partial charge in [0, 0.05) is 24.7 Å². The van der Waals surface area contributed by atoms with Gasteiger partial charge in [-0.15, -0.1) is 0 Å². The molecule has 2 aliphatic rings. The Morgan fingerprint density at radius 3 is 2.60 bits per heavy atom. The van der Waals surface area contributed by atoms with Gasteiger partial charge < -0.3 is 20.4 Å². The van der Waals surface area contributed by atoms with Gasteiger partial charge in [0.25, 0.3) is 5.91 Å². The third-order valence-electron chi connectivity index (χ3n) is 5.44. The summed E-state index contributed by atoms with van der Waals surface area (Å²) < 4.78 is 0. The summed E-state index contributed by atoms with van der Waals surface area (Å²) in [6.45, 7) is 3.42. The molecule has 1 fully saturated rings. The van der Waals surface area contributed by atoms with Gasteiger partial charge in [0.1, 0.15) is 6.04 Å². The molecule has 8 heteroatoms. The number of nitrogens with zero attached hydrogens (tertiary/aromatic N) is 2. The number of hydrogen-bond acceptors (Lipinski definition) is 3. The topological polar surface area (TPSA) is 81.8 Å². The molecular weight excluding hydrogens is 404 g/mol. The van der Waals surface area contributed by atoms with E-state index >= 15 is 0 Å². The fourth-order valence-corrected chi connectivity index (χ4v) is 3.93. The van der Waals surface area contributed by atoms with Crippen LogP contribution < -0.4 is 10.6 Å². The second kappa shape index (κ2) is 8.36. The van der Waals surface area contributed by atoms with Gasteiger partial charge in [0.05, 0.1) is 17.8 Å². The quantitative estimate of drug-likeness (QED) is 0.790. The lowest BCUT2D eigenvalue weighted by atomic mass is 10.0. The van der Waals surface area contributed by atoms with E-state index in [0.717, 1.165) is 17.5 Å². The minimum absolute atomic E-state index is 0.172. The predicted octanol–water partition coefficient (Wildman–Crippen LogP) is 3.21. The van der Waals surface area contributed by atoms with Crippen LogP contribution in [0, 0.1) is 0 Å². The van der Waals surface area contributed by atoms with E-state index in [-0.39, 0.29) is 24.4 Å². The van der Waals surface area contributed by atoms with Gasteiger partial charge in [-0.2, -0.15) is 0 Å². The van der Waals surface area contributed by atoms with Gasteiger partial charge in [-0.3, -0.25) is 9.59 Å². The second-order valence-corrected chi connectivity index (χ2v) is 7.89. The number of piperazine rings is 1. The van der Waals surface area contributed by atoms with E-state index in [1.807, 2.05) is 25.1 Å². The number of benzene rings is 2. The maximum Gasteiger partial charge on any atom is 0.317 e. The number of hydrogen-bond donors (Lipinski definition) is 2. The van der Waals surface area contributed by atoms with Crippen molar-refractivity contribution in [3.63, 3.8) is 0 Å². The fraction of sp³-hybridized carbons (Fsp3) is 0.318. The molecule has 2 aromatic rings. The lowest BCUT2D eigenvalue weighted by molar-refractivity contribution is -0.121. The number of carbonyl (C=O) groups is 3. The standard InChI is InChI=1S/C22H23ClN4O3/c1-2-9-24-22(30)26-10-11-27-19(13-26)20(28)25-18-8-5-15(12-17(18)21(27)29)14-3-6-16(23)7-4-14/h3-8,12,19H,2,9-11,13H2,1H3,(H,24,30)(H,25,28)/t19-/m0/s1. The normalized spacial score (nSPS) is 18.3. The minimum atomic E-state index is -0.718. The van der Waals surface area contributed by atoms with Crippen LogP contribution in [0.1, 0.15) is 23.7 Å². The Labute approximate surface area is 180 Å². The SMILES string of the molecule is CCCNC(=O)N1CCN2C(=O)c3cc(-c4ccc(Cl)cc4)ccc3NC(=O)[C@@H]2C1. The van der Waals surface area contributed by atoms with Crippen LogP contribution in [-0.4, -0.2) is 59.9 Å². The zero-order valence-corrected chi connectivity index (χ0v) is 17.4. The number of halogens is 1. The number of amides is 4. The largest absolute Gasteiger partial charge is 0.338 e. The zero-order chi connectivity index (χ0) is 21.3. The highest BCUT2D eigenvalue weighted by Crippen LogP contribution is 2.30. The molecule has 2 heterocycles. The molecule has 1 saturated heterocycles. The summed E-state index contributed by atoms with van der Waals surface area (Å²) in [5.74, 6) is -0.493. The monoisotopic (exact) mass is 426 g/mol. The molecule has 0 radical (unpaired) electrons. The number of urea groups is 1. The number of carbonyl (C=O) groups excluding carboxylic acids is 3. The van der Waals surface area contributed by atoms with Crippen LogP contribution in [0.15, 0.2) is 42.5 Å². The molecule has 7 nitrogen and oxygen atoms in total. The lowest BCUT2D eigenvalue weighted by Gasteiger charge is -2.39. The van der Waals surface area contributed by atoms with Crippen molar-refractivity contribution < 1.29 is 14.4 Å². The van der Waals surface area contributed by atoms with E-state index in [4.69, 9.17) is 11.6 Å². The highest BCUT2D eigenvalue weighted by molar-refractivity contribution is 6.30. The van der Waals surface area contributed by atoms with Gasteiger partial charge in [-0.05, 0) is 41.8 Å². The molecule has 0 saturated carbocycles. The highest BCUT2D eigenvalue weighted by atomic mass is 35.5. The Bertz CT molecular complexity index is 992. The molecule has 4 amide bonds. The van der Waals surface area contributed by atoms with Gasteiger partial charge in [-0.25, -0.2) is 4.79 Å². The molecular formula is C22H23ClN4O3. The molecule has 2 aromatic carbocycles. The summed E-state index contributed by atoms with van der Waals surface area (Å²) in [5.41, 5.74) is 2.73. The summed E-state index contributed by atoms with van der Waals surface area (Å²) in [6, 6.07) is 11.9. The minimum Gasteiger partial charge on any atom is -0.338 e. The highest BCUT2D eigenvalue weighted by Gasteiger charge is 2.40. The molecule has 1 atom stereocenters. The number of rotatable bonds is 3. The summed E-state index contributed by atoms with van der Waals surface area (Å²) in [6.07, 6.45) is 0.833. The van der Waals surface area contributed by atoms with Crippen molar-refractivity contribution in [1.29, 1.82) is 0 Å². The second-order valence-electron chi connectivity index (χ2n) is 7.45. The van der Waals surface area contributed by atoms with Crippen LogP contribution in [0.5, 0.6) is 0 Å². The molecule has 0 aliphatic carbocycles. The molecule has 0 aromatic heterocycles. The summed E-state index contributed by atoms with van der Waals surface area (Å²) >= 11 is 5.97. The van der Waals surface area contributed by atoms with Crippen LogP contribution in [0.3, 0.4) is 0 Å². The van der Waals surface area contributed by atoms with Gasteiger partial charge in [0.2, 0.25) is 5.91 Å². The molecule has 0 unspecified atom stereocenters. The number of fused-ring (bicyclic) bond motifs is 2. The van der Waals surface area contributed by atoms with Gasteiger partial charge in [-0.1, -0.05) is 36.7 Å². The van der Waals surface area contributed by atoms with Crippen LogP contribution >= 0.6 is 11.6 Å². The van der Waals surface area contributed by atoms with Crippen molar-refractivity contribution in [2.45, 2.75) is 19.4 Å². The van der Waals surface area contributed by atoms with Crippen molar-refractivity contribution in [2.24, 2.45) is 0 Å².